The van der Waals surface area contributed by atoms with E-state index in [0.29, 0.717) is 22.3 Å². The van der Waals surface area contributed by atoms with E-state index in [9.17, 15) is 15.0 Å². The Morgan fingerprint density at radius 2 is 1.64 bits per heavy atom. The number of hydrogen-bond donors (Lipinski definition) is 2. The highest BCUT2D eigenvalue weighted by Crippen LogP contribution is 2.26. The fraction of sp³-hybridized carbons (Fsp3) is 0.0435. The van der Waals surface area contributed by atoms with E-state index in [1.54, 1.807) is 28.9 Å². The van der Waals surface area contributed by atoms with Crippen LogP contribution in [0.1, 0.15) is 17.0 Å². The second-order valence-corrected chi connectivity index (χ2v) is 6.50. The Hall–Kier alpha value is -3.86. The number of aryl methyl sites for hydroxylation is 1. The highest BCUT2D eigenvalue weighted by atomic mass is 16.3. The number of hydrogen-bond acceptors (Lipinski definition) is 4. The first-order valence-corrected chi connectivity index (χ1v) is 8.82. The third-order valence-corrected chi connectivity index (χ3v) is 4.58. The number of aromatic nitrogens is 2. The van der Waals surface area contributed by atoms with Gasteiger partial charge in [-0.2, -0.15) is 0 Å². The van der Waals surface area contributed by atoms with Crippen molar-refractivity contribution in [3.63, 3.8) is 0 Å². The predicted octanol–water partition coefficient (Wildman–Crippen LogP) is 4.28. The molecule has 0 unspecified atom stereocenters. The summed E-state index contributed by atoms with van der Waals surface area (Å²) in [6.45, 7) is 1.95. The molecule has 0 aliphatic heterocycles. The van der Waals surface area contributed by atoms with E-state index in [0.717, 1.165) is 11.3 Å². The van der Waals surface area contributed by atoms with Gasteiger partial charge in [0.25, 0.3) is 5.56 Å². The van der Waals surface area contributed by atoms with Crippen LogP contribution >= 0.6 is 0 Å². The van der Waals surface area contributed by atoms with Crippen molar-refractivity contribution in [2.75, 3.05) is 0 Å². The summed E-state index contributed by atoms with van der Waals surface area (Å²) >= 11 is 0. The number of para-hydroxylation sites is 2. The minimum Gasteiger partial charge on any atom is -0.504 e. The van der Waals surface area contributed by atoms with Crippen molar-refractivity contribution >= 4 is 23.1 Å². The zero-order valence-corrected chi connectivity index (χ0v) is 15.2. The molecule has 0 saturated carbocycles. The normalized spacial score (nSPS) is 11.3. The molecule has 0 atom stereocenters. The van der Waals surface area contributed by atoms with Crippen LogP contribution < -0.4 is 5.56 Å². The Bertz CT molecular complexity index is 1270. The SMILES string of the molecule is Cc1ccccc1-n1c(C=Cc2ccc(O)c(O)c2)nc2ccccc2c1=O. The summed E-state index contributed by atoms with van der Waals surface area (Å²) in [4.78, 5) is 17.9. The Balaban J connectivity index is 1.95. The van der Waals surface area contributed by atoms with Crippen molar-refractivity contribution in [2.45, 2.75) is 6.92 Å². The number of phenols is 2. The van der Waals surface area contributed by atoms with Gasteiger partial charge in [-0.3, -0.25) is 9.36 Å². The van der Waals surface area contributed by atoms with E-state index >= 15 is 0 Å². The van der Waals surface area contributed by atoms with Crippen LogP contribution in [0.5, 0.6) is 11.5 Å². The standard InChI is InChI=1S/C23H18N2O3/c1-15-6-2-5-9-19(15)25-22(13-11-16-10-12-20(26)21(27)14-16)24-18-8-4-3-7-17(18)23(25)28/h2-14,26-27H,1H3. The maximum Gasteiger partial charge on any atom is 0.266 e. The van der Waals surface area contributed by atoms with Gasteiger partial charge < -0.3 is 10.2 Å². The van der Waals surface area contributed by atoms with Crippen molar-refractivity contribution in [1.82, 2.24) is 9.55 Å². The van der Waals surface area contributed by atoms with Crippen molar-refractivity contribution in [3.05, 3.63) is 94.0 Å². The summed E-state index contributed by atoms with van der Waals surface area (Å²) < 4.78 is 1.59. The molecule has 0 bridgehead atoms. The minimum absolute atomic E-state index is 0.145. The van der Waals surface area contributed by atoms with Crippen LogP contribution in [0.25, 0.3) is 28.7 Å². The molecule has 4 aromatic rings. The third-order valence-electron chi connectivity index (χ3n) is 4.58. The molecule has 1 heterocycles. The average Bonchev–Trinajstić information content (AvgIpc) is 2.70. The smallest absolute Gasteiger partial charge is 0.266 e. The quantitative estimate of drug-likeness (QED) is 0.528. The first-order valence-electron chi connectivity index (χ1n) is 8.82. The van der Waals surface area contributed by atoms with E-state index in [2.05, 4.69) is 4.98 Å². The summed E-state index contributed by atoms with van der Waals surface area (Å²) in [5.41, 5.74) is 2.87. The Morgan fingerprint density at radius 1 is 0.893 bits per heavy atom. The van der Waals surface area contributed by atoms with Crippen LogP contribution in [-0.2, 0) is 0 Å². The number of benzene rings is 3. The molecule has 0 fully saturated rings. The van der Waals surface area contributed by atoms with E-state index in [1.165, 1.54) is 12.1 Å². The third kappa shape index (κ3) is 3.14. The van der Waals surface area contributed by atoms with Gasteiger partial charge in [0.15, 0.2) is 11.5 Å². The maximum absolute atomic E-state index is 13.2. The van der Waals surface area contributed by atoms with Gasteiger partial charge in [0.05, 0.1) is 16.6 Å². The molecule has 2 N–H and O–H groups in total. The molecule has 1 aromatic heterocycles. The van der Waals surface area contributed by atoms with Crippen molar-refractivity contribution in [3.8, 4) is 17.2 Å². The van der Waals surface area contributed by atoms with E-state index < -0.39 is 0 Å². The van der Waals surface area contributed by atoms with E-state index in [1.807, 2.05) is 49.4 Å². The number of aromatic hydroxyl groups is 2. The molecular formula is C23H18N2O3. The highest BCUT2D eigenvalue weighted by molar-refractivity contribution is 5.80. The molecule has 0 saturated heterocycles. The molecule has 3 aromatic carbocycles. The van der Waals surface area contributed by atoms with Crippen LogP contribution in [-0.4, -0.2) is 19.8 Å². The van der Waals surface area contributed by atoms with Gasteiger partial charge in [0.1, 0.15) is 5.82 Å². The fourth-order valence-electron chi connectivity index (χ4n) is 3.12. The van der Waals surface area contributed by atoms with Crippen LogP contribution in [0.3, 0.4) is 0 Å². The molecule has 138 valence electrons. The van der Waals surface area contributed by atoms with Gasteiger partial charge >= 0.3 is 0 Å². The first-order chi connectivity index (χ1) is 13.5. The number of rotatable bonds is 3. The lowest BCUT2D eigenvalue weighted by molar-refractivity contribution is 0.403. The summed E-state index contributed by atoms with van der Waals surface area (Å²) in [5, 5.41) is 19.7. The Labute approximate surface area is 161 Å². The zero-order chi connectivity index (χ0) is 19.7. The van der Waals surface area contributed by atoms with E-state index in [-0.39, 0.29) is 17.1 Å². The summed E-state index contributed by atoms with van der Waals surface area (Å²) in [6, 6.07) is 19.4. The summed E-state index contributed by atoms with van der Waals surface area (Å²) in [5.74, 6) is 0.0910. The van der Waals surface area contributed by atoms with Crippen LogP contribution in [0.4, 0.5) is 0 Å². The Morgan fingerprint density at radius 3 is 2.43 bits per heavy atom. The molecule has 0 spiro atoms. The van der Waals surface area contributed by atoms with Crippen molar-refractivity contribution in [1.29, 1.82) is 0 Å². The van der Waals surface area contributed by atoms with Gasteiger partial charge in [0.2, 0.25) is 0 Å². The summed E-state index contributed by atoms with van der Waals surface area (Å²) in [6.07, 6.45) is 3.47. The first kappa shape index (κ1) is 17.5. The van der Waals surface area contributed by atoms with Gasteiger partial charge in [-0.15, -0.1) is 0 Å². The van der Waals surface area contributed by atoms with Gasteiger partial charge in [0, 0.05) is 0 Å². The second-order valence-electron chi connectivity index (χ2n) is 6.50. The van der Waals surface area contributed by atoms with Crippen LogP contribution in [0, 0.1) is 6.92 Å². The molecule has 0 aliphatic carbocycles. The Kier molecular flexibility index (Phi) is 4.41. The number of phenolic OH excluding ortho intramolecular Hbond substituents is 2. The number of nitrogens with zero attached hydrogens (tertiary/aromatic N) is 2. The lowest BCUT2D eigenvalue weighted by Gasteiger charge is -2.13. The lowest BCUT2D eigenvalue weighted by atomic mass is 10.1. The van der Waals surface area contributed by atoms with Gasteiger partial charge in [-0.1, -0.05) is 42.5 Å². The lowest BCUT2D eigenvalue weighted by Crippen LogP contribution is -2.23. The topological polar surface area (TPSA) is 75.3 Å². The largest absolute Gasteiger partial charge is 0.504 e. The molecule has 4 rings (SSSR count). The second kappa shape index (κ2) is 7.04. The zero-order valence-electron chi connectivity index (χ0n) is 15.2. The van der Waals surface area contributed by atoms with E-state index in [4.69, 9.17) is 0 Å². The van der Waals surface area contributed by atoms with Crippen molar-refractivity contribution in [2.24, 2.45) is 0 Å². The molecule has 0 radical (unpaired) electrons. The molecule has 0 amide bonds. The molecule has 28 heavy (non-hydrogen) atoms. The molecular weight excluding hydrogens is 352 g/mol. The fourth-order valence-corrected chi connectivity index (χ4v) is 3.12. The molecule has 5 heteroatoms. The molecule has 5 nitrogen and oxygen atoms in total. The predicted molar refractivity (Wildman–Crippen MR) is 111 cm³/mol. The van der Waals surface area contributed by atoms with Gasteiger partial charge in [-0.25, -0.2) is 4.98 Å². The maximum atomic E-state index is 13.2. The number of fused-ring (bicyclic) bond motifs is 1. The van der Waals surface area contributed by atoms with Crippen LogP contribution in [0.2, 0.25) is 0 Å². The minimum atomic E-state index is -0.204. The van der Waals surface area contributed by atoms with Gasteiger partial charge in [-0.05, 0) is 54.5 Å². The van der Waals surface area contributed by atoms with Crippen LogP contribution in [0.15, 0.2) is 71.5 Å². The van der Waals surface area contributed by atoms with Crippen molar-refractivity contribution < 1.29 is 10.2 Å². The summed E-state index contributed by atoms with van der Waals surface area (Å²) in [7, 11) is 0. The molecule has 0 aliphatic rings. The monoisotopic (exact) mass is 370 g/mol. The average molecular weight is 370 g/mol. The highest BCUT2D eigenvalue weighted by Gasteiger charge is 2.12.